The van der Waals surface area contributed by atoms with Crippen LogP contribution in [0.1, 0.15) is 35.2 Å². The minimum atomic E-state index is -4.22. The normalized spacial score (nSPS) is 12.2. The van der Waals surface area contributed by atoms with Gasteiger partial charge in [0, 0.05) is 13.1 Å². The summed E-state index contributed by atoms with van der Waals surface area (Å²) in [6.45, 7) is 3.72. The fourth-order valence-corrected chi connectivity index (χ4v) is 1.76. The maximum atomic E-state index is 12.1. The van der Waals surface area contributed by atoms with Gasteiger partial charge in [0.05, 0.1) is 13.5 Å². The van der Waals surface area contributed by atoms with Crippen LogP contribution in [-0.4, -0.2) is 38.3 Å². The maximum absolute atomic E-state index is 12.1. The number of alkyl halides is 3. The van der Waals surface area contributed by atoms with E-state index in [1.165, 1.54) is 13.2 Å². The van der Waals surface area contributed by atoms with Gasteiger partial charge in [-0.15, -0.1) is 0 Å². The topological polar surface area (TPSA) is 75.9 Å². The number of carbonyl (C=O) groups is 1. The Bertz CT molecular complexity index is 553. The quantitative estimate of drug-likeness (QED) is 0.474. The molecule has 0 bridgehead atoms. The Hall–Kier alpha value is -2.19. The van der Waals surface area contributed by atoms with Gasteiger partial charge in [0.25, 0.3) is 0 Å². The molecule has 0 fully saturated rings. The molecule has 0 aliphatic rings. The minimum Gasteiger partial charge on any atom is -0.465 e. The van der Waals surface area contributed by atoms with Crippen molar-refractivity contribution in [3.8, 4) is 0 Å². The third-order valence-corrected chi connectivity index (χ3v) is 2.81. The van der Waals surface area contributed by atoms with Gasteiger partial charge in [-0.2, -0.15) is 13.2 Å². The van der Waals surface area contributed by atoms with Crippen LogP contribution in [0, 0.1) is 6.92 Å². The fraction of sp³-hybridized carbons (Fsp3) is 0.571. The van der Waals surface area contributed by atoms with Crippen LogP contribution in [0.25, 0.3) is 0 Å². The molecular weight excluding hydrogens is 315 g/mol. The first-order valence-corrected chi connectivity index (χ1v) is 7.03. The summed E-state index contributed by atoms with van der Waals surface area (Å²) in [6.07, 6.45) is -5.18. The van der Waals surface area contributed by atoms with E-state index in [1.54, 1.807) is 13.8 Å². The lowest BCUT2D eigenvalue weighted by Gasteiger charge is -2.12. The molecule has 0 aliphatic heterocycles. The van der Waals surface area contributed by atoms with Gasteiger partial charge in [0.2, 0.25) is 0 Å². The summed E-state index contributed by atoms with van der Waals surface area (Å²) in [5.41, 5.74) is 0.299. The molecule has 0 radical (unpaired) electrons. The van der Waals surface area contributed by atoms with Crippen LogP contribution in [0.4, 0.5) is 13.2 Å². The second-order valence-electron chi connectivity index (χ2n) is 4.66. The van der Waals surface area contributed by atoms with Crippen molar-refractivity contribution in [2.75, 3.05) is 20.2 Å². The number of rotatable bonds is 6. The van der Waals surface area contributed by atoms with Crippen molar-refractivity contribution in [3.05, 3.63) is 23.2 Å². The third kappa shape index (κ3) is 6.62. The highest BCUT2D eigenvalue weighted by Crippen LogP contribution is 2.18. The Morgan fingerprint density at radius 2 is 2.09 bits per heavy atom. The third-order valence-electron chi connectivity index (χ3n) is 2.81. The predicted octanol–water partition coefficient (Wildman–Crippen LogP) is 2.38. The standard InChI is InChI=1S/C14H20F3N3O3/c1-4-18-13(19-6-5-14(15,16)17)20-8-10-7-11(9(2)23-10)12(21)22-3/h7H,4-6,8H2,1-3H3,(H2,18,19,20). The van der Waals surface area contributed by atoms with Crippen molar-refractivity contribution in [1.82, 2.24) is 10.6 Å². The van der Waals surface area contributed by atoms with Crippen molar-refractivity contribution in [3.63, 3.8) is 0 Å². The number of guanidine groups is 1. The Morgan fingerprint density at radius 3 is 2.65 bits per heavy atom. The van der Waals surface area contributed by atoms with E-state index >= 15 is 0 Å². The van der Waals surface area contributed by atoms with Gasteiger partial charge in [0.15, 0.2) is 5.96 Å². The molecule has 0 aromatic carbocycles. The summed E-state index contributed by atoms with van der Waals surface area (Å²) >= 11 is 0. The highest BCUT2D eigenvalue weighted by molar-refractivity contribution is 5.90. The van der Waals surface area contributed by atoms with E-state index in [2.05, 4.69) is 20.4 Å². The van der Waals surface area contributed by atoms with Gasteiger partial charge in [-0.3, -0.25) is 0 Å². The zero-order valence-corrected chi connectivity index (χ0v) is 13.2. The smallest absolute Gasteiger partial charge is 0.390 e. The molecule has 1 aromatic heterocycles. The number of furan rings is 1. The molecule has 0 aliphatic carbocycles. The number of aryl methyl sites for hydroxylation is 1. The second-order valence-corrected chi connectivity index (χ2v) is 4.66. The predicted molar refractivity (Wildman–Crippen MR) is 78.3 cm³/mol. The number of esters is 1. The van der Waals surface area contributed by atoms with Crippen LogP contribution in [0.15, 0.2) is 15.5 Å². The molecule has 0 saturated heterocycles. The molecule has 0 atom stereocenters. The van der Waals surface area contributed by atoms with Gasteiger partial charge in [-0.1, -0.05) is 0 Å². The Labute approximate surface area is 132 Å². The van der Waals surface area contributed by atoms with Crippen molar-refractivity contribution in [2.45, 2.75) is 33.0 Å². The molecule has 1 rings (SSSR count). The molecule has 0 unspecified atom stereocenters. The monoisotopic (exact) mass is 335 g/mol. The van der Waals surface area contributed by atoms with Crippen molar-refractivity contribution < 1.29 is 27.1 Å². The molecule has 0 saturated carbocycles. The highest BCUT2D eigenvalue weighted by atomic mass is 19.4. The Balaban J connectivity index is 2.68. The van der Waals surface area contributed by atoms with E-state index in [1.807, 2.05) is 0 Å². The Morgan fingerprint density at radius 1 is 1.39 bits per heavy atom. The van der Waals surface area contributed by atoms with Crippen LogP contribution in [0.5, 0.6) is 0 Å². The summed E-state index contributed by atoms with van der Waals surface area (Å²) in [6, 6.07) is 1.50. The molecule has 1 aromatic rings. The molecule has 2 N–H and O–H groups in total. The lowest BCUT2D eigenvalue weighted by Crippen LogP contribution is -2.38. The summed E-state index contributed by atoms with van der Waals surface area (Å²) in [4.78, 5) is 15.6. The van der Waals surface area contributed by atoms with E-state index in [0.717, 1.165) is 0 Å². The lowest BCUT2D eigenvalue weighted by atomic mass is 10.2. The van der Waals surface area contributed by atoms with Gasteiger partial charge >= 0.3 is 12.1 Å². The van der Waals surface area contributed by atoms with Gasteiger partial charge in [0.1, 0.15) is 23.6 Å². The second kappa shape index (κ2) is 8.44. The fourth-order valence-electron chi connectivity index (χ4n) is 1.76. The summed E-state index contributed by atoms with van der Waals surface area (Å²) < 4.78 is 46.4. The molecule has 1 heterocycles. The minimum absolute atomic E-state index is 0.0825. The molecule has 6 nitrogen and oxygen atoms in total. The van der Waals surface area contributed by atoms with E-state index < -0.39 is 18.6 Å². The van der Waals surface area contributed by atoms with E-state index in [-0.39, 0.29) is 19.0 Å². The van der Waals surface area contributed by atoms with Crippen molar-refractivity contribution in [2.24, 2.45) is 4.99 Å². The number of halogens is 3. The van der Waals surface area contributed by atoms with Crippen LogP contribution >= 0.6 is 0 Å². The molecule has 23 heavy (non-hydrogen) atoms. The SMILES string of the molecule is CCNC(=NCc1cc(C(=O)OC)c(C)o1)NCCC(F)(F)F. The number of ether oxygens (including phenoxy) is 1. The number of methoxy groups -OCH3 is 1. The highest BCUT2D eigenvalue weighted by Gasteiger charge is 2.26. The summed E-state index contributed by atoms with van der Waals surface area (Å²) in [5.74, 6) is 0.537. The average Bonchev–Trinajstić information content (AvgIpc) is 2.83. The number of hydrogen-bond acceptors (Lipinski definition) is 4. The first-order chi connectivity index (χ1) is 10.8. The van der Waals surface area contributed by atoms with Gasteiger partial charge in [-0.25, -0.2) is 9.79 Å². The van der Waals surface area contributed by atoms with Crippen molar-refractivity contribution >= 4 is 11.9 Å². The molecule has 0 amide bonds. The molecule has 130 valence electrons. The van der Waals surface area contributed by atoms with Crippen LogP contribution < -0.4 is 10.6 Å². The average molecular weight is 335 g/mol. The lowest BCUT2D eigenvalue weighted by molar-refractivity contribution is -0.132. The summed E-state index contributed by atoms with van der Waals surface area (Å²) in [5, 5.41) is 5.42. The molecule has 0 spiro atoms. The van der Waals surface area contributed by atoms with Gasteiger partial charge < -0.3 is 19.8 Å². The number of nitrogens with zero attached hydrogens (tertiary/aromatic N) is 1. The number of carbonyl (C=O) groups excluding carboxylic acids is 1. The zero-order chi connectivity index (χ0) is 17.5. The first kappa shape index (κ1) is 18.9. The van der Waals surface area contributed by atoms with Gasteiger partial charge in [-0.05, 0) is 19.9 Å². The van der Waals surface area contributed by atoms with Crippen molar-refractivity contribution in [1.29, 1.82) is 0 Å². The van der Waals surface area contributed by atoms with E-state index in [0.29, 0.717) is 23.6 Å². The summed E-state index contributed by atoms with van der Waals surface area (Å²) in [7, 11) is 1.26. The Kier molecular flexibility index (Phi) is 6.92. The first-order valence-electron chi connectivity index (χ1n) is 7.03. The van der Waals surface area contributed by atoms with Crippen LogP contribution in [0.3, 0.4) is 0 Å². The molecular formula is C14H20F3N3O3. The van der Waals surface area contributed by atoms with Crippen LogP contribution in [0.2, 0.25) is 0 Å². The zero-order valence-electron chi connectivity index (χ0n) is 13.2. The molecule has 9 heteroatoms. The largest absolute Gasteiger partial charge is 0.465 e. The van der Waals surface area contributed by atoms with Crippen LogP contribution in [-0.2, 0) is 11.3 Å². The van der Waals surface area contributed by atoms with E-state index in [9.17, 15) is 18.0 Å². The number of hydrogen-bond donors (Lipinski definition) is 2. The maximum Gasteiger partial charge on any atom is 0.390 e. The number of aliphatic imine (C=N–C) groups is 1. The number of nitrogens with one attached hydrogen (secondary N) is 2. The van der Waals surface area contributed by atoms with E-state index in [4.69, 9.17) is 4.42 Å².